The molecule has 1 N–H and O–H groups in total. The van der Waals surface area contributed by atoms with Gasteiger partial charge in [-0.3, -0.25) is 0 Å². The van der Waals surface area contributed by atoms with Crippen LogP contribution in [0.5, 0.6) is 0 Å². The number of allylic oxidation sites excluding steroid dienone is 8. The Morgan fingerprint density at radius 3 is 1.19 bits per heavy atom. The molecule has 0 unspecified atom stereocenters. The quantitative estimate of drug-likeness (QED) is 0.0224. The number of halogens is 1. The molecule has 0 aliphatic heterocycles. The Labute approximate surface area is 320 Å². The van der Waals surface area contributed by atoms with Gasteiger partial charge in [0.1, 0.15) is 0 Å². The van der Waals surface area contributed by atoms with Crippen LogP contribution in [0.2, 0.25) is 22.3 Å². The summed E-state index contributed by atoms with van der Waals surface area (Å²) in [6.45, 7) is 6.26. The summed E-state index contributed by atoms with van der Waals surface area (Å²) in [4.78, 5) is 0. The topological polar surface area (TPSA) is 47.6 Å². The van der Waals surface area contributed by atoms with Crippen molar-refractivity contribution in [1.82, 2.24) is 5.09 Å². The SMILES string of the molecule is CCCCC/C=C\C/C=C\CCCCCCCCOP(=O)(NCC[As+](C)(C)C)OCCCCCCCC/C=C\C/C=C\CCCCC.[I-]. The van der Waals surface area contributed by atoms with Crippen LogP contribution in [0.3, 0.4) is 0 Å². The second-order valence-electron chi connectivity index (χ2n) is 14.3. The van der Waals surface area contributed by atoms with Gasteiger partial charge in [0.25, 0.3) is 0 Å². The molecule has 48 heavy (non-hydrogen) atoms. The van der Waals surface area contributed by atoms with E-state index < -0.39 is 21.3 Å². The van der Waals surface area contributed by atoms with Gasteiger partial charge in [-0.25, -0.2) is 0 Å². The average molecular weight is 868 g/mol. The first kappa shape index (κ1) is 50.5. The molecule has 0 saturated heterocycles. The van der Waals surface area contributed by atoms with E-state index in [4.69, 9.17) is 9.05 Å². The van der Waals surface area contributed by atoms with E-state index in [9.17, 15) is 4.57 Å². The van der Waals surface area contributed by atoms with E-state index in [1.165, 1.54) is 116 Å². The summed E-state index contributed by atoms with van der Waals surface area (Å²) in [6, 6.07) is 0. The Bertz CT molecular complexity index is 771. The maximum atomic E-state index is 13.5. The number of hydrogen-bond acceptors (Lipinski definition) is 3. The van der Waals surface area contributed by atoms with Crippen LogP contribution in [0.4, 0.5) is 0 Å². The molecule has 0 radical (unpaired) electrons. The molecule has 0 rings (SSSR count). The van der Waals surface area contributed by atoms with Gasteiger partial charge < -0.3 is 24.0 Å². The fourth-order valence-corrected chi connectivity index (χ4v) is 8.61. The number of unbranched alkanes of at least 4 members (excludes halogenated alkanes) is 18. The molecule has 0 aliphatic rings. The molecule has 0 amide bonds. The number of rotatable bonds is 36. The van der Waals surface area contributed by atoms with Crippen LogP contribution < -0.4 is 29.1 Å². The van der Waals surface area contributed by atoms with Crippen molar-refractivity contribution in [3.05, 3.63) is 48.6 Å². The zero-order chi connectivity index (χ0) is 34.6. The first-order valence-electron chi connectivity index (χ1n) is 19.9. The summed E-state index contributed by atoms with van der Waals surface area (Å²) in [7, 11) is -3.23. The molecule has 0 aromatic heterocycles. The summed E-state index contributed by atoms with van der Waals surface area (Å²) in [5.74, 6) is 0. The van der Waals surface area contributed by atoms with Crippen molar-refractivity contribution < 1.29 is 37.6 Å². The van der Waals surface area contributed by atoms with Crippen LogP contribution in [0.1, 0.15) is 168 Å². The van der Waals surface area contributed by atoms with E-state index in [1.54, 1.807) is 0 Å². The third-order valence-corrected chi connectivity index (χ3v) is 13.2. The van der Waals surface area contributed by atoms with Crippen molar-refractivity contribution in [2.75, 3.05) is 19.8 Å². The Morgan fingerprint density at radius 2 is 0.833 bits per heavy atom. The normalized spacial score (nSPS) is 12.8. The number of nitrogens with one attached hydrogen (secondary N) is 1. The summed E-state index contributed by atoms with van der Waals surface area (Å²) >= 11 is -1.55. The van der Waals surface area contributed by atoms with Crippen LogP contribution in [0.25, 0.3) is 0 Å². The third kappa shape index (κ3) is 40.8. The third-order valence-electron chi connectivity index (χ3n) is 8.30. The molecule has 4 nitrogen and oxygen atoms in total. The second kappa shape index (κ2) is 38.6. The second-order valence-corrected chi connectivity index (χ2v) is 26.6. The smallest absolute Gasteiger partial charge is 1.00 e. The first-order chi connectivity index (χ1) is 22.8. The minimum atomic E-state index is -3.23. The van der Waals surface area contributed by atoms with Crippen molar-refractivity contribution in [2.24, 2.45) is 0 Å². The zero-order valence-electron chi connectivity index (χ0n) is 32.4. The fourth-order valence-electron chi connectivity index (χ4n) is 5.20. The summed E-state index contributed by atoms with van der Waals surface area (Å²) in [5, 5.41) is 4.30. The van der Waals surface area contributed by atoms with Gasteiger partial charge in [0.2, 0.25) is 0 Å². The van der Waals surface area contributed by atoms with E-state index in [1.807, 2.05) is 0 Å². The molecule has 0 heterocycles. The van der Waals surface area contributed by atoms with Crippen LogP contribution in [-0.4, -0.2) is 33.3 Å². The standard InChI is InChI=1S/C41H80AsNO3P.HI/c1-6-8-10-12-14-16-18-20-22-24-26-28-30-32-34-36-40-45-47(44,43-39-38-42(3,4)5)46-41-37-35-33-31-29-27-25-23-21-19-17-15-13-11-9-7-2;/h14-17,20-23H,6-13,18-19,24-41H2,1-5H3,(H,43,44);1H/q+1;/p-1/b16-14-,17-15-,22-20-,23-21-;. The minimum absolute atomic E-state index is 0. The van der Waals surface area contributed by atoms with Crippen molar-refractivity contribution in [2.45, 2.75) is 190 Å². The Balaban J connectivity index is 0. The van der Waals surface area contributed by atoms with Crippen LogP contribution in [0.15, 0.2) is 48.6 Å². The molecule has 284 valence electrons. The van der Waals surface area contributed by atoms with Gasteiger partial charge in [-0.2, -0.15) is 0 Å². The number of hydrogen-bond donors (Lipinski definition) is 1. The molecule has 0 fully saturated rings. The van der Waals surface area contributed by atoms with Gasteiger partial charge in [0.05, 0.1) is 0 Å². The summed E-state index contributed by atoms with van der Waals surface area (Å²) in [5.41, 5.74) is 7.13. The average Bonchev–Trinajstić information content (AvgIpc) is 3.03. The van der Waals surface area contributed by atoms with Crippen molar-refractivity contribution in [3.63, 3.8) is 0 Å². The van der Waals surface area contributed by atoms with Gasteiger partial charge in [-0.15, -0.1) is 0 Å². The zero-order valence-corrected chi connectivity index (χ0v) is 37.3. The van der Waals surface area contributed by atoms with E-state index in [-0.39, 0.29) is 24.0 Å². The minimum Gasteiger partial charge on any atom is -1.00 e. The first-order valence-corrected chi connectivity index (χ1v) is 28.4. The van der Waals surface area contributed by atoms with Crippen molar-refractivity contribution in [3.8, 4) is 0 Å². The molecule has 0 bridgehead atoms. The molecule has 7 heteroatoms. The van der Waals surface area contributed by atoms with E-state index in [0.717, 1.165) is 50.3 Å². The summed E-state index contributed by atoms with van der Waals surface area (Å²) < 4.78 is 25.3. The molecular formula is C41H80AsINO3P. The van der Waals surface area contributed by atoms with Crippen LogP contribution >= 0.6 is 7.75 Å². The van der Waals surface area contributed by atoms with Crippen LogP contribution in [-0.2, 0) is 13.6 Å². The summed E-state index contributed by atoms with van der Waals surface area (Å²) in [6.07, 6.45) is 47.7. The van der Waals surface area contributed by atoms with E-state index >= 15 is 0 Å². The predicted molar refractivity (Wildman–Crippen MR) is 214 cm³/mol. The maximum absolute atomic E-state index is 13.5. The monoisotopic (exact) mass is 867 g/mol. The van der Waals surface area contributed by atoms with Gasteiger partial charge in [0, 0.05) is 0 Å². The Morgan fingerprint density at radius 1 is 0.500 bits per heavy atom. The fraction of sp³-hybridized carbons (Fsp3) is 0.805. The molecule has 0 atom stereocenters. The predicted octanol–water partition coefficient (Wildman–Crippen LogP) is 11.7. The van der Waals surface area contributed by atoms with Gasteiger partial charge in [-0.1, -0.05) is 88.1 Å². The van der Waals surface area contributed by atoms with Crippen molar-refractivity contribution in [1.29, 1.82) is 0 Å². The van der Waals surface area contributed by atoms with E-state index in [0.29, 0.717) is 13.2 Å². The van der Waals surface area contributed by atoms with Crippen molar-refractivity contribution >= 4 is 21.3 Å². The van der Waals surface area contributed by atoms with Gasteiger partial charge >= 0.3 is 159 Å². The molecule has 0 aromatic carbocycles. The Kier molecular flexibility index (Phi) is 40.6. The Hall–Kier alpha value is 0.358. The molecule has 0 saturated carbocycles. The molecule has 0 aromatic rings. The van der Waals surface area contributed by atoms with Gasteiger partial charge in [0.15, 0.2) is 0 Å². The van der Waals surface area contributed by atoms with Gasteiger partial charge in [-0.05, 0) is 51.4 Å². The molecule has 0 aliphatic carbocycles. The van der Waals surface area contributed by atoms with E-state index in [2.05, 4.69) is 84.7 Å². The van der Waals surface area contributed by atoms with Crippen LogP contribution in [0, 0.1) is 0 Å². The molecule has 0 spiro atoms. The molecular weight excluding hydrogens is 787 g/mol.